The lowest BCUT2D eigenvalue weighted by Gasteiger charge is -2.14. The standard InChI is InChI=1S/C13H16BrN3O/c14-11-6-4-10(5-7-11)12(18)17-13-15-8-2-1-3-9-16-13/h4-7H,1-3,8-9H2,(H2,15,16,17,18). The van der Waals surface area contributed by atoms with Crippen LogP contribution in [0.3, 0.4) is 0 Å². The van der Waals surface area contributed by atoms with Crippen molar-refractivity contribution in [2.75, 3.05) is 13.1 Å². The maximum atomic E-state index is 12.0. The summed E-state index contributed by atoms with van der Waals surface area (Å²) < 4.78 is 0.959. The Bertz CT molecular complexity index is 442. The molecule has 5 heteroatoms. The summed E-state index contributed by atoms with van der Waals surface area (Å²) in [6.45, 7) is 1.63. The molecule has 1 aromatic rings. The molecule has 0 unspecified atom stereocenters. The molecule has 0 saturated carbocycles. The number of guanidine groups is 1. The molecule has 0 radical (unpaired) electrons. The second-order valence-corrected chi connectivity index (χ2v) is 5.09. The van der Waals surface area contributed by atoms with Gasteiger partial charge in [-0.3, -0.25) is 15.1 Å². The molecule has 1 aliphatic rings. The fourth-order valence-corrected chi connectivity index (χ4v) is 2.00. The number of hydrogen-bond donors (Lipinski definition) is 2. The van der Waals surface area contributed by atoms with E-state index in [-0.39, 0.29) is 5.91 Å². The molecule has 1 aliphatic heterocycles. The lowest BCUT2D eigenvalue weighted by molar-refractivity contribution is 0.0975. The van der Waals surface area contributed by atoms with E-state index < -0.39 is 0 Å². The van der Waals surface area contributed by atoms with Crippen molar-refractivity contribution in [3.63, 3.8) is 0 Å². The first-order chi connectivity index (χ1) is 8.75. The van der Waals surface area contributed by atoms with Crippen LogP contribution in [-0.2, 0) is 0 Å². The van der Waals surface area contributed by atoms with Crippen LogP contribution in [0, 0.1) is 0 Å². The Morgan fingerprint density at radius 1 is 1.22 bits per heavy atom. The first kappa shape index (κ1) is 13.1. The molecule has 0 atom stereocenters. The Morgan fingerprint density at radius 3 is 2.78 bits per heavy atom. The van der Waals surface area contributed by atoms with Crippen LogP contribution in [0.15, 0.2) is 33.7 Å². The highest BCUT2D eigenvalue weighted by Gasteiger charge is 2.09. The third kappa shape index (κ3) is 3.84. The van der Waals surface area contributed by atoms with Gasteiger partial charge in [0, 0.05) is 23.1 Å². The van der Waals surface area contributed by atoms with Crippen LogP contribution in [0.4, 0.5) is 0 Å². The smallest absolute Gasteiger partial charge is 0.257 e. The monoisotopic (exact) mass is 309 g/mol. The molecule has 1 amide bonds. The number of benzene rings is 1. The van der Waals surface area contributed by atoms with E-state index in [4.69, 9.17) is 0 Å². The topological polar surface area (TPSA) is 53.5 Å². The highest BCUT2D eigenvalue weighted by Crippen LogP contribution is 2.10. The summed E-state index contributed by atoms with van der Waals surface area (Å²) in [5.41, 5.74) is 0.629. The van der Waals surface area contributed by atoms with E-state index in [0.717, 1.165) is 30.4 Å². The van der Waals surface area contributed by atoms with Gasteiger partial charge in [0.2, 0.25) is 0 Å². The number of rotatable bonds is 1. The second kappa shape index (κ2) is 6.54. The number of carbonyl (C=O) groups excluding carboxylic acids is 1. The van der Waals surface area contributed by atoms with E-state index in [1.807, 2.05) is 12.1 Å². The van der Waals surface area contributed by atoms with Crippen molar-refractivity contribution in [2.45, 2.75) is 19.3 Å². The van der Waals surface area contributed by atoms with Gasteiger partial charge in [-0.25, -0.2) is 0 Å². The van der Waals surface area contributed by atoms with Crippen LogP contribution >= 0.6 is 15.9 Å². The maximum Gasteiger partial charge on any atom is 0.257 e. The summed E-state index contributed by atoms with van der Waals surface area (Å²) in [4.78, 5) is 16.3. The predicted octanol–water partition coefficient (Wildman–Crippen LogP) is 2.31. The number of nitrogens with zero attached hydrogens (tertiary/aromatic N) is 1. The maximum absolute atomic E-state index is 12.0. The summed E-state index contributed by atoms with van der Waals surface area (Å²) in [5.74, 6) is 0.456. The molecule has 96 valence electrons. The van der Waals surface area contributed by atoms with Crippen LogP contribution < -0.4 is 10.6 Å². The molecule has 2 N–H and O–H groups in total. The fourth-order valence-electron chi connectivity index (χ4n) is 1.73. The Balaban J connectivity index is 1.99. The van der Waals surface area contributed by atoms with Gasteiger partial charge in [-0.1, -0.05) is 15.9 Å². The van der Waals surface area contributed by atoms with Crippen molar-refractivity contribution in [3.05, 3.63) is 34.3 Å². The van der Waals surface area contributed by atoms with E-state index in [0.29, 0.717) is 11.5 Å². The van der Waals surface area contributed by atoms with Gasteiger partial charge in [0.25, 0.3) is 5.91 Å². The summed E-state index contributed by atoms with van der Waals surface area (Å²) in [7, 11) is 0. The molecule has 0 bridgehead atoms. The Hall–Kier alpha value is -1.36. The molecule has 0 spiro atoms. The van der Waals surface area contributed by atoms with Crippen LogP contribution in [0.25, 0.3) is 0 Å². The third-order valence-corrected chi connectivity index (χ3v) is 3.26. The average molecular weight is 310 g/mol. The highest BCUT2D eigenvalue weighted by atomic mass is 79.9. The normalized spacial score (nSPS) is 15.9. The number of nitrogens with one attached hydrogen (secondary N) is 2. The quantitative estimate of drug-likeness (QED) is 0.836. The van der Waals surface area contributed by atoms with Gasteiger partial charge in [0.1, 0.15) is 0 Å². The van der Waals surface area contributed by atoms with Gasteiger partial charge in [-0.15, -0.1) is 0 Å². The predicted molar refractivity (Wildman–Crippen MR) is 75.8 cm³/mol. The first-order valence-corrected chi connectivity index (χ1v) is 6.90. The third-order valence-electron chi connectivity index (χ3n) is 2.74. The first-order valence-electron chi connectivity index (χ1n) is 6.11. The Morgan fingerprint density at radius 2 is 2.00 bits per heavy atom. The minimum absolute atomic E-state index is 0.130. The number of amides is 1. The van der Waals surface area contributed by atoms with Gasteiger partial charge < -0.3 is 5.32 Å². The average Bonchev–Trinajstić information content (AvgIpc) is 2.33. The van der Waals surface area contributed by atoms with Crippen LogP contribution in [0.2, 0.25) is 0 Å². The molecule has 2 rings (SSSR count). The van der Waals surface area contributed by atoms with Crippen LogP contribution in [0.1, 0.15) is 29.6 Å². The van der Waals surface area contributed by atoms with Crippen molar-refractivity contribution in [1.29, 1.82) is 0 Å². The molecule has 0 saturated heterocycles. The van der Waals surface area contributed by atoms with Crippen molar-refractivity contribution >= 4 is 27.8 Å². The SMILES string of the molecule is O=C(NC1=NCCCCCN1)c1ccc(Br)cc1. The number of halogens is 1. The zero-order chi connectivity index (χ0) is 12.8. The zero-order valence-corrected chi connectivity index (χ0v) is 11.7. The summed E-state index contributed by atoms with van der Waals surface area (Å²) >= 11 is 3.34. The molecule has 0 aliphatic carbocycles. The fraction of sp³-hybridized carbons (Fsp3) is 0.385. The van der Waals surface area contributed by atoms with Gasteiger partial charge >= 0.3 is 0 Å². The van der Waals surface area contributed by atoms with E-state index in [2.05, 4.69) is 31.6 Å². The summed E-state index contributed by atoms with van der Waals surface area (Å²) in [5, 5.41) is 5.95. The van der Waals surface area contributed by atoms with E-state index in [9.17, 15) is 4.79 Å². The van der Waals surface area contributed by atoms with Gasteiger partial charge in [-0.2, -0.15) is 0 Å². The second-order valence-electron chi connectivity index (χ2n) is 4.18. The van der Waals surface area contributed by atoms with Gasteiger partial charge in [0.05, 0.1) is 0 Å². The Kier molecular flexibility index (Phi) is 4.75. The number of carbonyl (C=O) groups is 1. The van der Waals surface area contributed by atoms with Crippen molar-refractivity contribution < 1.29 is 4.79 Å². The van der Waals surface area contributed by atoms with E-state index in [1.165, 1.54) is 6.42 Å². The lowest BCUT2D eigenvalue weighted by Crippen LogP contribution is -2.42. The molecule has 18 heavy (non-hydrogen) atoms. The van der Waals surface area contributed by atoms with Crippen molar-refractivity contribution in [2.24, 2.45) is 4.99 Å². The van der Waals surface area contributed by atoms with Crippen molar-refractivity contribution in [3.8, 4) is 0 Å². The highest BCUT2D eigenvalue weighted by molar-refractivity contribution is 9.10. The van der Waals surface area contributed by atoms with Crippen molar-refractivity contribution in [1.82, 2.24) is 10.6 Å². The van der Waals surface area contributed by atoms with Crippen LogP contribution in [-0.4, -0.2) is 25.0 Å². The molecular formula is C13H16BrN3O. The molecule has 1 aromatic carbocycles. The summed E-state index contributed by atoms with van der Waals surface area (Å²) in [6.07, 6.45) is 3.39. The zero-order valence-electron chi connectivity index (χ0n) is 10.1. The molecule has 0 aromatic heterocycles. The lowest BCUT2D eigenvalue weighted by atomic mass is 10.2. The molecule has 4 nitrogen and oxygen atoms in total. The molecule has 1 heterocycles. The molecular weight excluding hydrogens is 294 g/mol. The Labute approximate surface area is 115 Å². The molecule has 0 fully saturated rings. The van der Waals surface area contributed by atoms with Gasteiger partial charge in [-0.05, 0) is 43.5 Å². The van der Waals surface area contributed by atoms with E-state index >= 15 is 0 Å². The minimum atomic E-state index is -0.130. The van der Waals surface area contributed by atoms with E-state index in [1.54, 1.807) is 12.1 Å². The number of aliphatic imine (C=N–C) groups is 1. The minimum Gasteiger partial charge on any atom is -0.356 e. The van der Waals surface area contributed by atoms with Gasteiger partial charge in [0.15, 0.2) is 5.96 Å². The largest absolute Gasteiger partial charge is 0.356 e. The number of hydrogen-bond acceptors (Lipinski definition) is 3. The van der Waals surface area contributed by atoms with Crippen LogP contribution in [0.5, 0.6) is 0 Å². The summed E-state index contributed by atoms with van der Waals surface area (Å²) in [6, 6.07) is 7.26.